The standard InChI is InChI=1S/C27H30ClN3O8S2/c1-30-11-10-18-23(14-30)40-26(25(18)27(33)39-5)29-24(32)15-31(19-12-16(28)6-8-20(19)36-2)41(34,35)17-7-9-21(37-3)22(13-17)38-4/h6-9,12-13H,10-11,14-15H2,1-5H3,(H,29,32). The van der Waals surface area contributed by atoms with Crippen molar-refractivity contribution >= 4 is 55.5 Å². The van der Waals surface area contributed by atoms with Gasteiger partial charge in [-0.1, -0.05) is 11.6 Å². The molecule has 1 N–H and O–H groups in total. The van der Waals surface area contributed by atoms with E-state index in [2.05, 4.69) is 10.2 Å². The van der Waals surface area contributed by atoms with Crippen molar-refractivity contribution in [2.24, 2.45) is 0 Å². The third kappa shape index (κ3) is 6.22. The highest BCUT2D eigenvalue weighted by Gasteiger charge is 2.33. The monoisotopic (exact) mass is 623 g/mol. The largest absolute Gasteiger partial charge is 0.495 e. The summed E-state index contributed by atoms with van der Waals surface area (Å²) in [4.78, 5) is 29.1. The SMILES string of the molecule is COC(=O)c1c(NC(=O)CN(c2cc(Cl)ccc2OC)S(=O)(=O)c2ccc(OC)c(OC)c2)sc2c1CCN(C)C2. The number of fused-ring (bicyclic) bond motifs is 1. The molecule has 1 aromatic heterocycles. The number of rotatable bonds is 10. The number of sulfonamides is 1. The number of anilines is 2. The van der Waals surface area contributed by atoms with E-state index in [-0.39, 0.29) is 32.7 Å². The zero-order valence-corrected chi connectivity index (χ0v) is 25.5. The average molecular weight is 624 g/mol. The lowest BCUT2D eigenvalue weighted by atomic mass is 10.0. The number of carbonyl (C=O) groups excluding carboxylic acids is 2. The van der Waals surface area contributed by atoms with Crippen molar-refractivity contribution in [2.45, 2.75) is 17.9 Å². The minimum atomic E-state index is -4.39. The van der Waals surface area contributed by atoms with Crippen LogP contribution in [-0.2, 0) is 32.5 Å². The summed E-state index contributed by atoms with van der Waals surface area (Å²) in [6, 6.07) is 8.54. The number of esters is 1. The summed E-state index contributed by atoms with van der Waals surface area (Å²) in [5.74, 6) is -0.565. The van der Waals surface area contributed by atoms with Gasteiger partial charge in [-0.2, -0.15) is 0 Å². The number of ether oxygens (including phenoxy) is 4. The molecule has 0 unspecified atom stereocenters. The lowest BCUT2D eigenvalue weighted by molar-refractivity contribution is -0.114. The molecule has 2 heterocycles. The molecule has 1 aliphatic heterocycles. The summed E-state index contributed by atoms with van der Waals surface area (Å²) < 4.78 is 50.0. The van der Waals surface area contributed by atoms with Crippen LogP contribution in [0.4, 0.5) is 10.7 Å². The topological polar surface area (TPSA) is 124 Å². The molecule has 0 aliphatic carbocycles. The van der Waals surface area contributed by atoms with Crippen molar-refractivity contribution < 1.29 is 37.0 Å². The summed E-state index contributed by atoms with van der Waals surface area (Å²) in [6.45, 7) is 0.697. The van der Waals surface area contributed by atoms with Gasteiger partial charge in [0.05, 0.1) is 44.6 Å². The van der Waals surface area contributed by atoms with Crippen molar-refractivity contribution in [3.63, 3.8) is 0 Å². The Bertz CT molecular complexity index is 1570. The van der Waals surface area contributed by atoms with E-state index in [0.29, 0.717) is 23.7 Å². The maximum absolute atomic E-state index is 14.1. The second kappa shape index (κ2) is 12.6. The molecule has 1 aliphatic rings. The Hall–Kier alpha value is -3.52. The van der Waals surface area contributed by atoms with Crippen LogP contribution in [0.25, 0.3) is 0 Å². The highest BCUT2D eigenvalue weighted by molar-refractivity contribution is 7.92. The molecule has 0 saturated heterocycles. The molecule has 0 saturated carbocycles. The second-order valence-corrected chi connectivity index (χ2v) is 12.5. The lowest BCUT2D eigenvalue weighted by Crippen LogP contribution is -2.38. The molecule has 41 heavy (non-hydrogen) atoms. The first kappa shape index (κ1) is 30.4. The molecule has 0 atom stereocenters. The van der Waals surface area contributed by atoms with Crippen LogP contribution in [-0.4, -0.2) is 73.8 Å². The molecule has 0 bridgehead atoms. The molecular formula is C27H30ClN3O8S2. The molecule has 1 amide bonds. The Morgan fingerprint density at radius 3 is 2.37 bits per heavy atom. The molecule has 14 heteroatoms. The van der Waals surface area contributed by atoms with Gasteiger partial charge in [0.1, 0.15) is 17.3 Å². The summed E-state index contributed by atoms with van der Waals surface area (Å²) >= 11 is 7.51. The predicted molar refractivity (Wildman–Crippen MR) is 156 cm³/mol. The van der Waals surface area contributed by atoms with Gasteiger partial charge in [-0.3, -0.25) is 9.10 Å². The number of nitrogens with zero attached hydrogens (tertiary/aromatic N) is 2. The van der Waals surface area contributed by atoms with Crippen LogP contribution in [0, 0.1) is 0 Å². The Morgan fingerprint density at radius 1 is 1.02 bits per heavy atom. The molecule has 2 aromatic carbocycles. The first-order chi connectivity index (χ1) is 19.5. The third-order valence-corrected chi connectivity index (χ3v) is 9.65. The van der Waals surface area contributed by atoms with Crippen molar-refractivity contribution in [3.8, 4) is 17.2 Å². The quantitative estimate of drug-likeness (QED) is 0.333. The van der Waals surface area contributed by atoms with Crippen molar-refractivity contribution in [1.82, 2.24) is 4.90 Å². The highest BCUT2D eigenvalue weighted by atomic mass is 35.5. The molecule has 3 aromatic rings. The first-order valence-corrected chi connectivity index (χ1v) is 15.0. The van der Waals surface area contributed by atoms with Gasteiger partial charge in [0.15, 0.2) is 11.5 Å². The van der Waals surface area contributed by atoms with E-state index in [4.69, 9.17) is 30.5 Å². The number of amides is 1. The Balaban J connectivity index is 1.76. The van der Waals surface area contributed by atoms with Gasteiger partial charge < -0.3 is 29.2 Å². The molecule has 220 valence electrons. The Morgan fingerprint density at radius 2 is 1.71 bits per heavy atom. The van der Waals surface area contributed by atoms with Crippen LogP contribution in [0.5, 0.6) is 17.2 Å². The molecular weight excluding hydrogens is 594 g/mol. The van der Waals surface area contributed by atoms with Crippen LogP contribution in [0.3, 0.4) is 0 Å². The normalized spacial score (nSPS) is 13.2. The van der Waals surface area contributed by atoms with Gasteiger partial charge in [-0.05, 0) is 49.4 Å². The fourth-order valence-corrected chi connectivity index (χ4v) is 7.43. The summed E-state index contributed by atoms with van der Waals surface area (Å²) in [7, 11) is 3.05. The number of halogens is 1. The third-order valence-electron chi connectivity index (χ3n) is 6.53. The summed E-state index contributed by atoms with van der Waals surface area (Å²) in [6.07, 6.45) is 0.613. The van der Waals surface area contributed by atoms with E-state index in [9.17, 15) is 18.0 Å². The minimum Gasteiger partial charge on any atom is -0.495 e. The average Bonchev–Trinajstić information content (AvgIpc) is 3.31. The van der Waals surface area contributed by atoms with E-state index in [1.165, 1.54) is 70.1 Å². The predicted octanol–water partition coefficient (Wildman–Crippen LogP) is 4.04. The van der Waals surface area contributed by atoms with Crippen molar-refractivity contribution in [3.05, 3.63) is 57.4 Å². The van der Waals surface area contributed by atoms with Crippen LogP contribution in [0.15, 0.2) is 41.3 Å². The highest BCUT2D eigenvalue weighted by Crippen LogP contribution is 2.39. The molecule has 0 fully saturated rings. The number of nitrogens with one attached hydrogen (secondary N) is 1. The number of methoxy groups -OCH3 is 4. The number of likely N-dealkylation sites (N-methyl/N-ethyl adjacent to an activating group) is 1. The van der Waals surface area contributed by atoms with Crippen molar-refractivity contribution in [2.75, 3.05) is 58.2 Å². The van der Waals surface area contributed by atoms with Gasteiger partial charge in [0, 0.05) is 29.1 Å². The number of hydrogen-bond acceptors (Lipinski definition) is 10. The van der Waals surface area contributed by atoms with Crippen LogP contribution in [0.1, 0.15) is 20.8 Å². The first-order valence-electron chi connectivity index (χ1n) is 12.3. The fraction of sp³-hybridized carbons (Fsp3) is 0.333. The number of thiophene rings is 1. The van der Waals surface area contributed by atoms with E-state index in [1.54, 1.807) is 6.07 Å². The minimum absolute atomic E-state index is 0.0465. The lowest BCUT2D eigenvalue weighted by Gasteiger charge is -2.26. The van der Waals surface area contributed by atoms with Crippen LogP contribution >= 0.6 is 22.9 Å². The second-order valence-electron chi connectivity index (χ2n) is 9.08. The van der Waals surface area contributed by atoms with E-state index < -0.39 is 28.4 Å². The molecule has 0 spiro atoms. The molecule has 0 radical (unpaired) electrons. The number of carbonyl (C=O) groups is 2. The van der Waals surface area contributed by atoms with E-state index in [0.717, 1.165) is 21.3 Å². The summed E-state index contributed by atoms with van der Waals surface area (Å²) in [5, 5.41) is 3.28. The summed E-state index contributed by atoms with van der Waals surface area (Å²) in [5.41, 5.74) is 1.15. The molecule has 4 rings (SSSR count). The number of benzene rings is 2. The zero-order valence-electron chi connectivity index (χ0n) is 23.1. The van der Waals surface area contributed by atoms with Crippen LogP contribution < -0.4 is 23.8 Å². The maximum Gasteiger partial charge on any atom is 0.341 e. The smallest absolute Gasteiger partial charge is 0.341 e. The van der Waals surface area contributed by atoms with Crippen LogP contribution in [0.2, 0.25) is 5.02 Å². The fourth-order valence-electron chi connectivity index (χ4n) is 4.50. The number of hydrogen-bond donors (Lipinski definition) is 1. The van der Waals surface area contributed by atoms with Gasteiger partial charge in [0.25, 0.3) is 10.0 Å². The van der Waals surface area contributed by atoms with E-state index in [1.807, 2.05) is 7.05 Å². The van der Waals surface area contributed by atoms with Gasteiger partial charge in [0.2, 0.25) is 5.91 Å². The Labute approximate surface area is 247 Å². The van der Waals surface area contributed by atoms with Gasteiger partial charge in [-0.25, -0.2) is 13.2 Å². The van der Waals surface area contributed by atoms with Gasteiger partial charge >= 0.3 is 5.97 Å². The van der Waals surface area contributed by atoms with E-state index >= 15 is 0 Å². The van der Waals surface area contributed by atoms with Gasteiger partial charge in [-0.15, -0.1) is 11.3 Å². The zero-order chi connectivity index (χ0) is 29.9. The van der Waals surface area contributed by atoms with Crippen molar-refractivity contribution in [1.29, 1.82) is 0 Å². The molecule has 11 nitrogen and oxygen atoms in total. The maximum atomic E-state index is 14.1. The Kier molecular flexibility index (Phi) is 9.32.